The van der Waals surface area contributed by atoms with Crippen molar-refractivity contribution in [3.8, 4) is 0 Å². The third kappa shape index (κ3) is 2.75. The first kappa shape index (κ1) is 13.3. The molecule has 2 nitrogen and oxygen atoms in total. The first-order chi connectivity index (χ1) is 9.04. The van der Waals surface area contributed by atoms with Crippen molar-refractivity contribution in [2.75, 3.05) is 0 Å². The van der Waals surface area contributed by atoms with Crippen LogP contribution in [0.2, 0.25) is 10.0 Å². The molecular weight excluding hydrogens is 281 g/mol. The van der Waals surface area contributed by atoms with E-state index in [1.165, 1.54) is 6.42 Å². The van der Waals surface area contributed by atoms with Crippen LogP contribution in [0.5, 0.6) is 0 Å². The third-order valence-corrected chi connectivity index (χ3v) is 4.96. The Morgan fingerprint density at radius 1 is 1.26 bits per heavy atom. The molecule has 3 rings (SSSR count). The van der Waals surface area contributed by atoms with Gasteiger partial charge >= 0.3 is 0 Å². The Bertz CT molecular complexity index is 507. The van der Waals surface area contributed by atoms with Gasteiger partial charge in [-0.25, -0.2) is 0 Å². The number of hydrogen-bond acceptors (Lipinski definition) is 1. The van der Waals surface area contributed by atoms with Crippen LogP contribution in [0.25, 0.3) is 0 Å². The van der Waals surface area contributed by atoms with Gasteiger partial charge in [0.1, 0.15) is 0 Å². The van der Waals surface area contributed by atoms with Crippen LogP contribution in [0, 0.1) is 17.8 Å². The molecule has 2 fully saturated rings. The van der Waals surface area contributed by atoms with Crippen molar-refractivity contribution in [2.45, 2.75) is 32.2 Å². The fraction of sp³-hybridized carbons (Fsp3) is 0.533. The average Bonchev–Trinajstić information content (AvgIpc) is 2.95. The summed E-state index contributed by atoms with van der Waals surface area (Å²) in [5, 5.41) is 4.29. The average molecular weight is 298 g/mol. The van der Waals surface area contributed by atoms with Gasteiger partial charge in [-0.3, -0.25) is 4.79 Å². The molecule has 1 N–H and O–H groups in total. The number of halogens is 2. The normalized spacial score (nSPS) is 29.7. The second kappa shape index (κ2) is 4.99. The summed E-state index contributed by atoms with van der Waals surface area (Å²) in [4.78, 5) is 12.2. The molecule has 3 atom stereocenters. The Morgan fingerprint density at radius 2 is 1.95 bits per heavy atom. The van der Waals surface area contributed by atoms with Gasteiger partial charge in [-0.05, 0) is 55.7 Å². The van der Waals surface area contributed by atoms with E-state index in [-0.39, 0.29) is 17.9 Å². The van der Waals surface area contributed by atoms with Crippen LogP contribution in [-0.4, -0.2) is 5.91 Å². The molecule has 0 spiro atoms. The molecule has 4 heteroatoms. The summed E-state index contributed by atoms with van der Waals surface area (Å²) in [6.45, 7) is 1.96. The van der Waals surface area contributed by atoms with Crippen molar-refractivity contribution < 1.29 is 4.79 Å². The van der Waals surface area contributed by atoms with E-state index in [0.29, 0.717) is 10.0 Å². The van der Waals surface area contributed by atoms with Gasteiger partial charge in [-0.2, -0.15) is 0 Å². The summed E-state index contributed by atoms with van der Waals surface area (Å²) < 4.78 is 0. The highest BCUT2D eigenvalue weighted by atomic mass is 35.5. The van der Waals surface area contributed by atoms with Gasteiger partial charge in [-0.1, -0.05) is 29.3 Å². The Morgan fingerprint density at radius 3 is 2.58 bits per heavy atom. The second-order valence-corrected chi connectivity index (χ2v) is 6.66. The minimum absolute atomic E-state index is 0.0748. The highest BCUT2D eigenvalue weighted by molar-refractivity contribution is 6.35. The summed E-state index contributed by atoms with van der Waals surface area (Å²) in [5.41, 5.74) is 0.919. The summed E-state index contributed by atoms with van der Waals surface area (Å²) in [5.74, 6) is 2.03. The molecular formula is C15H17Cl2NO. The Balaban J connectivity index is 1.63. The fourth-order valence-corrected chi connectivity index (χ4v) is 3.76. The largest absolute Gasteiger partial charge is 0.349 e. The smallest absolute Gasteiger partial charge is 0.223 e. The van der Waals surface area contributed by atoms with Crippen molar-refractivity contribution >= 4 is 29.1 Å². The lowest BCUT2D eigenvalue weighted by Gasteiger charge is -2.19. The quantitative estimate of drug-likeness (QED) is 0.889. The van der Waals surface area contributed by atoms with E-state index in [9.17, 15) is 4.79 Å². The lowest BCUT2D eigenvalue weighted by Crippen LogP contribution is -2.32. The van der Waals surface area contributed by atoms with E-state index >= 15 is 0 Å². The first-order valence-corrected chi connectivity index (χ1v) is 7.55. The summed E-state index contributed by atoms with van der Waals surface area (Å²) in [6.07, 6.45) is 3.47. The van der Waals surface area contributed by atoms with Crippen LogP contribution in [-0.2, 0) is 4.79 Å². The number of amides is 1. The van der Waals surface area contributed by atoms with Crippen LogP contribution < -0.4 is 5.32 Å². The number of rotatable bonds is 3. The zero-order valence-corrected chi connectivity index (χ0v) is 12.3. The van der Waals surface area contributed by atoms with E-state index < -0.39 is 0 Å². The van der Waals surface area contributed by atoms with Gasteiger partial charge < -0.3 is 5.32 Å². The Hall–Kier alpha value is -0.730. The predicted octanol–water partition coefficient (Wildman–Crippen LogP) is 4.22. The monoisotopic (exact) mass is 297 g/mol. The molecule has 1 aromatic rings. The van der Waals surface area contributed by atoms with Crippen molar-refractivity contribution in [1.82, 2.24) is 5.32 Å². The SMILES string of the molecule is CC(NC(=O)C1CC2CC2C1)c1ccc(Cl)cc1Cl. The van der Waals surface area contributed by atoms with Crippen molar-refractivity contribution in [1.29, 1.82) is 0 Å². The maximum atomic E-state index is 12.2. The molecule has 1 aromatic carbocycles. The van der Waals surface area contributed by atoms with E-state index in [0.717, 1.165) is 30.2 Å². The number of hydrogen-bond donors (Lipinski definition) is 1. The van der Waals surface area contributed by atoms with Crippen LogP contribution in [0.3, 0.4) is 0 Å². The van der Waals surface area contributed by atoms with Crippen LogP contribution >= 0.6 is 23.2 Å². The highest BCUT2D eigenvalue weighted by Crippen LogP contribution is 2.54. The molecule has 102 valence electrons. The molecule has 1 amide bonds. The lowest BCUT2D eigenvalue weighted by atomic mass is 10.0. The minimum Gasteiger partial charge on any atom is -0.349 e. The van der Waals surface area contributed by atoms with Crippen LogP contribution in [0.1, 0.15) is 37.8 Å². The van der Waals surface area contributed by atoms with Crippen LogP contribution in [0.4, 0.5) is 0 Å². The van der Waals surface area contributed by atoms with Gasteiger partial charge in [-0.15, -0.1) is 0 Å². The number of fused-ring (bicyclic) bond motifs is 1. The van der Waals surface area contributed by atoms with E-state index in [1.54, 1.807) is 12.1 Å². The minimum atomic E-state index is -0.0748. The van der Waals surface area contributed by atoms with Gasteiger partial charge in [0.15, 0.2) is 0 Å². The van der Waals surface area contributed by atoms with Gasteiger partial charge in [0.25, 0.3) is 0 Å². The molecule has 2 aliphatic carbocycles. The molecule has 2 aliphatic rings. The molecule has 2 saturated carbocycles. The molecule has 3 unspecified atom stereocenters. The maximum Gasteiger partial charge on any atom is 0.223 e. The molecule has 0 aromatic heterocycles. The number of carbonyl (C=O) groups is 1. The number of benzene rings is 1. The highest BCUT2D eigenvalue weighted by Gasteiger charge is 2.48. The van der Waals surface area contributed by atoms with Gasteiger partial charge in [0.2, 0.25) is 5.91 Å². The molecule has 0 aliphatic heterocycles. The molecule has 0 heterocycles. The van der Waals surface area contributed by atoms with E-state index in [1.807, 2.05) is 13.0 Å². The maximum absolute atomic E-state index is 12.2. The zero-order valence-electron chi connectivity index (χ0n) is 10.8. The van der Waals surface area contributed by atoms with Crippen molar-refractivity contribution in [2.24, 2.45) is 17.8 Å². The van der Waals surface area contributed by atoms with Crippen molar-refractivity contribution in [3.05, 3.63) is 33.8 Å². The molecule has 0 bridgehead atoms. The zero-order chi connectivity index (χ0) is 13.6. The summed E-state index contributed by atoms with van der Waals surface area (Å²) in [6, 6.07) is 5.32. The van der Waals surface area contributed by atoms with Gasteiger partial charge in [0.05, 0.1) is 6.04 Å². The van der Waals surface area contributed by atoms with Gasteiger partial charge in [0, 0.05) is 16.0 Å². The summed E-state index contributed by atoms with van der Waals surface area (Å²) >= 11 is 12.0. The molecule has 0 saturated heterocycles. The third-order valence-electron chi connectivity index (χ3n) is 4.40. The predicted molar refractivity (Wildman–Crippen MR) is 77.3 cm³/mol. The fourth-order valence-electron chi connectivity index (χ4n) is 3.19. The molecule has 19 heavy (non-hydrogen) atoms. The number of nitrogens with one attached hydrogen (secondary N) is 1. The standard InChI is InChI=1S/C15H17Cl2NO/c1-8(13-3-2-12(16)7-14(13)17)18-15(19)11-5-9-4-10(9)6-11/h2-3,7-11H,4-6H2,1H3,(H,18,19). The Labute approximate surface area is 123 Å². The first-order valence-electron chi connectivity index (χ1n) is 6.80. The van der Waals surface area contributed by atoms with E-state index in [2.05, 4.69) is 5.32 Å². The summed E-state index contributed by atoms with van der Waals surface area (Å²) in [7, 11) is 0. The van der Waals surface area contributed by atoms with Crippen LogP contribution in [0.15, 0.2) is 18.2 Å². The van der Waals surface area contributed by atoms with Crippen molar-refractivity contribution in [3.63, 3.8) is 0 Å². The second-order valence-electron chi connectivity index (χ2n) is 5.82. The lowest BCUT2D eigenvalue weighted by molar-refractivity contribution is -0.125. The Kier molecular flexibility index (Phi) is 3.48. The van der Waals surface area contributed by atoms with E-state index in [4.69, 9.17) is 23.2 Å². The number of carbonyl (C=O) groups excluding carboxylic acids is 1. The topological polar surface area (TPSA) is 29.1 Å². The molecule has 0 radical (unpaired) electrons.